The Bertz CT molecular complexity index is 394. The summed E-state index contributed by atoms with van der Waals surface area (Å²) in [5.74, 6) is 0.0222. The van der Waals surface area contributed by atoms with Crippen LogP contribution in [0.2, 0.25) is 0 Å². The van der Waals surface area contributed by atoms with E-state index in [0.717, 1.165) is 37.2 Å². The van der Waals surface area contributed by atoms with Crippen molar-refractivity contribution in [2.45, 2.75) is 18.9 Å². The molecule has 18 heavy (non-hydrogen) atoms. The summed E-state index contributed by atoms with van der Waals surface area (Å²) in [6, 6.07) is 7.95. The summed E-state index contributed by atoms with van der Waals surface area (Å²) in [5, 5.41) is 6.36. The Morgan fingerprint density at radius 2 is 2.06 bits per heavy atom. The Morgan fingerprint density at radius 1 is 1.33 bits per heavy atom. The molecule has 0 spiro atoms. The first-order valence-electron chi connectivity index (χ1n) is 6.46. The third-order valence-corrected chi connectivity index (χ3v) is 3.28. The molecule has 1 heterocycles. The fourth-order valence-corrected chi connectivity index (χ4v) is 2.15. The lowest BCUT2D eigenvalue weighted by Gasteiger charge is -2.23. The minimum atomic E-state index is 0.0222. The number of hydrogen-bond acceptors (Lipinski definition) is 3. The lowest BCUT2D eigenvalue weighted by Crippen LogP contribution is -2.45. The third kappa shape index (κ3) is 3.23. The van der Waals surface area contributed by atoms with Gasteiger partial charge in [0.15, 0.2) is 0 Å². The van der Waals surface area contributed by atoms with Gasteiger partial charge in [-0.05, 0) is 43.7 Å². The predicted molar refractivity (Wildman–Crippen MR) is 74.1 cm³/mol. The van der Waals surface area contributed by atoms with Gasteiger partial charge in [-0.15, -0.1) is 0 Å². The minimum Gasteiger partial charge on any atom is -0.378 e. The van der Waals surface area contributed by atoms with E-state index < -0.39 is 0 Å². The number of piperidine rings is 1. The molecule has 0 saturated carbocycles. The summed E-state index contributed by atoms with van der Waals surface area (Å²) in [6.07, 6.45) is 2.19. The van der Waals surface area contributed by atoms with Crippen molar-refractivity contribution in [1.29, 1.82) is 0 Å². The molecule has 0 aromatic heterocycles. The maximum absolute atomic E-state index is 12.0. The number of rotatable bonds is 3. The van der Waals surface area contributed by atoms with Crippen LogP contribution in [-0.2, 0) is 0 Å². The van der Waals surface area contributed by atoms with E-state index in [9.17, 15) is 4.79 Å². The number of hydrogen-bond donors (Lipinski definition) is 2. The fraction of sp³-hybridized carbons (Fsp3) is 0.500. The van der Waals surface area contributed by atoms with Gasteiger partial charge in [0.25, 0.3) is 5.91 Å². The Kier molecular flexibility index (Phi) is 4.20. The average molecular weight is 247 g/mol. The van der Waals surface area contributed by atoms with Gasteiger partial charge < -0.3 is 15.5 Å². The summed E-state index contributed by atoms with van der Waals surface area (Å²) >= 11 is 0. The van der Waals surface area contributed by atoms with Crippen molar-refractivity contribution in [3.63, 3.8) is 0 Å². The molecule has 2 N–H and O–H groups in total. The number of carbonyl (C=O) groups excluding carboxylic acids is 1. The summed E-state index contributed by atoms with van der Waals surface area (Å²) in [6.45, 7) is 1.94. The zero-order valence-corrected chi connectivity index (χ0v) is 11.1. The molecule has 0 unspecified atom stereocenters. The summed E-state index contributed by atoms with van der Waals surface area (Å²) in [4.78, 5) is 14.1. The Morgan fingerprint density at radius 3 is 2.61 bits per heavy atom. The normalized spacial score (nSPS) is 19.3. The zero-order valence-electron chi connectivity index (χ0n) is 11.1. The first kappa shape index (κ1) is 12.9. The molecule has 0 radical (unpaired) electrons. The molecule has 1 amide bonds. The van der Waals surface area contributed by atoms with Crippen molar-refractivity contribution >= 4 is 11.6 Å². The highest BCUT2D eigenvalue weighted by Gasteiger charge is 2.16. The van der Waals surface area contributed by atoms with Crippen LogP contribution in [0.1, 0.15) is 23.2 Å². The second-order valence-electron chi connectivity index (χ2n) is 4.96. The molecule has 1 aliphatic rings. The van der Waals surface area contributed by atoms with Gasteiger partial charge in [-0.25, -0.2) is 0 Å². The van der Waals surface area contributed by atoms with Crippen LogP contribution in [0.5, 0.6) is 0 Å². The first-order chi connectivity index (χ1) is 8.66. The largest absolute Gasteiger partial charge is 0.378 e. The van der Waals surface area contributed by atoms with E-state index in [4.69, 9.17) is 0 Å². The average Bonchev–Trinajstić information content (AvgIpc) is 2.40. The van der Waals surface area contributed by atoms with Crippen LogP contribution in [-0.4, -0.2) is 39.1 Å². The third-order valence-electron chi connectivity index (χ3n) is 3.28. The van der Waals surface area contributed by atoms with Crippen molar-refractivity contribution < 1.29 is 4.79 Å². The molecule has 1 saturated heterocycles. The van der Waals surface area contributed by atoms with Gasteiger partial charge in [-0.2, -0.15) is 0 Å². The van der Waals surface area contributed by atoms with Crippen molar-refractivity contribution in [1.82, 2.24) is 10.6 Å². The van der Waals surface area contributed by atoms with Gasteiger partial charge >= 0.3 is 0 Å². The molecule has 1 aromatic rings. The van der Waals surface area contributed by atoms with E-state index in [1.54, 1.807) is 0 Å². The Hall–Kier alpha value is -1.55. The zero-order chi connectivity index (χ0) is 13.0. The maximum Gasteiger partial charge on any atom is 0.251 e. The van der Waals surface area contributed by atoms with Crippen molar-refractivity contribution in [2.24, 2.45) is 0 Å². The monoisotopic (exact) mass is 247 g/mol. The number of anilines is 1. The van der Waals surface area contributed by atoms with Gasteiger partial charge in [-0.1, -0.05) is 0 Å². The number of nitrogens with one attached hydrogen (secondary N) is 2. The van der Waals surface area contributed by atoms with E-state index >= 15 is 0 Å². The van der Waals surface area contributed by atoms with E-state index in [2.05, 4.69) is 10.6 Å². The second-order valence-corrected chi connectivity index (χ2v) is 4.96. The van der Waals surface area contributed by atoms with Crippen LogP contribution in [0.15, 0.2) is 24.3 Å². The van der Waals surface area contributed by atoms with Gasteiger partial charge in [0.05, 0.1) is 0 Å². The Balaban J connectivity index is 1.95. The predicted octanol–water partition coefficient (Wildman–Crippen LogP) is 1.23. The molecule has 0 aliphatic carbocycles. The van der Waals surface area contributed by atoms with Crippen LogP contribution < -0.4 is 15.5 Å². The van der Waals surface area contributed by atoms with E-state index in [0.29, 0.717) is 0 Å². The van der Waals surface area contributed by atoms with Crippen molar-refractivity contribution in [3.8, 4) is 0 Å². The first-order valence-corrected chi connectivity index (χ1v) is 6.46. The summed E-state index contributed by atoms with van der Waals surface area (Å²) in [7, 11) is 3.98. The summed E-state index contributed by atoms with van der Waals surface area (Å²) in [5.41, 5.74) is 1.83. The lowest BCUT2D eigenvalue weighted by molar-refractivity contribution is 0.0930. The molecule has 1 aliphatic heterocycles. The topological polar surface area (TPSA) is 44.4 Å². The molecule has 98 valence electrons. The standard InChI is InChI=1S/C14H21N3O/c1-17(2)13-7-5-11(6-8-13)14(18)16-12-4-3-9-15-10-12/h5-8,12,15H,3-4,9-10H2,1-2H3,(H,16,18)/t12-/m0/s1. The van der Waals surface area contributed by atoms with E-state index in [1.165, 1.54) is 0 Å². The highest BCUT2D eigenvalue weighted by atomic mass is 16.1. The fourth-order valence-electron chi connectivity index (χ4n) is 2.15. The number of amides is 1. The Labute approximate surface area is 108 Å². The maximum atomic E-state index is 12.0. The molecular formula is C14H21N3O. The smallest absolute Gasteiger partial charge is 0.251 e. The van der Waals surface area contributed by atoms with Gasteiger partial charge in [-0.3, -0.25) is 4.79 Å². The van der Waals surface area contributed by atoms with E-state index in [1.807, 2.05) is 43.3 Å². The quantitative estimate of drug-likeness (QED) is 0.844. The van der Waals surface area contributed by atoms with Crippen molar-refractivity contribution in [3.05, 3.63) is 29.8 Å². The molecule has 4 nitrogen and oxygen atoms in total. The molecule has 4 heteroatoms. The summed E-state index contributed by atoms with van der Waals surface area (Å²) < 4.78 is 0. The van der Waals surface area contributed by atoms with Gasteiger partial charge in [0.1, 0.15) is 0 Å². The number of benzene rings is 1. The molecule has 0 bridgehead atoms. The molecule has 2 rings (SSSR count). The number of nitrogens with zero attached hydrogens (tertiary/aromatic N) is 1. The van der Waals surface area contributed by atoms with Crippen LogP contribution in [0.3, 0.4) is 0 Å². The molecule has 1 atom stereocenters. The van der Waals surface area contributed by atoms with Crippen LogP contribution in [0.4, 0.5) is 5.69 Å². The van der Waals surface area contributed by atoms with Gasteiger partial charge in [0, 0.05) is 37.9 Å². The van der Waals surface area contributed by atoms with Gasteiger partial charge in [0.2, 0.25) is 0 Å². The van der Waals surface area contributed by atoms with Crippen LogP contribution in [0.25, 0.3) is 0 Å². The highest BCUT2D eigenvalue weighted by molar-refractivity contribution is 5.94. The number of carbonyl (C=O) groups is 1. The van der Waals surface area contributed by atoms with Crippen LogP contribution >= 0.6 is 0 Å². The van der Waals surface area contributed by atoms with Crippen molar-refractivity contribution in [2.75, 3.05) is 32.1 Å². The molecular weight excluding hydrogens is 226 g/mol. The highest BCUT2D eigenvalue weighted by Crippen LogP contribution is 2.12. The van der Waals surface area contributed by atoms with E-state index in [-0.39, 0.29) is 11.9 Å². The lowest BCUT2D eigenvalue weighted by atomic mass is 10.1. The molecule has 1 fully saturated rings. The molecule has 1 aromatic carbocycles. The second kappa shape index (κ2) is 5.87. The van der Waals surface area contributed by atoms with Crippen LogP contribution in [0, 0.1) is 0 Å². The minimum absolute atomic E-state index is 0.0222. The SMILES string of the molecule is CN(C)c1ccc(C(=O)N[C@H]2CCCNC2)cc1.